The molecular formula is C62H106O6. The molecule has 0 aromatic rings. The number of carbonyl (C=O) groups excluding carboxylic acids is 3. The van der Waals surface area contributed by atoms with Crippen molar-refractivity contribution in [2.45, 2.75) is 277 Å². The molecule has 0 aromatic carbocycles. The predicted molar refractivity (Wildman–Crippen MR) is 293 cm³/mol. The standard InChI is InChI=1S/C62H106O6/c1-4-7-10-13-16-19-22-25-28-30-31-33-34-37-40-43-46-49-52-55-61(64)67-58-59(57-66-60(63)54-51-48-45-42-39-36-27-24-21-18-15-12-9-6-3)68-62(65)56-53-50-47-44-41-38-35-32-29-26-23-20-17-14-11-8-5-2/h7,10,15-16,18-19,24-25,27-28,31,33,37,40,59H,4-6,8-9,11-14,17,20-23,26,29-30,32,34-36,38-39,41-58H2,1-3H3/b10-7-,18-15-,19-16-,27-24-,28-25-,33-31-,40-37-. The topological polar surface area (TPSA) is 78.9 Å². The third kappa shape index (κ3) is 53.5. The SMILES string of the molecule is CC/C=C\C/C=C\C/C=C\C/C=C\C/C=C\CCCCCC(=O)OCC(COC(=O)CCCCCCC/C=C\C/C=C\CCCC)OC(=O)CCCCCCCCCCCCCCCCCCC. The minimum absolute atomic E-state index is 0.0930. The normalized spacial score (nSPS) is 12.7. The van der Waals surface area contributed by atoms with E-state index in [-0.39, 0.29) is 31.1 Å². The van der Waals surface area contributed by atoms with Gasteiger partial charge in [0, 0.05) is 19.3 Å². The summed E-state index contributed by atoms with van der Waals surface area (Å²) < 4.78 is 16.8. The summed E-state index contributed by atoms with van der Waals surface area (Å²) in [4.78, 5) is 38.1. The summed E-state index contributed by atoms with van der Waals surface area (Å²) in [7, 11) is 0. The summed E-state index contributed by atoms with van der Waals surface area (Å²) in [6.07, 6.45) is 72.8. The molecule has 0 heterocycles. The van der Waals surface area contributed by atoms with Crippen molar-refractivity contribution in [2.24, 2.45) is 0 Å². The van der Waals surface area contributed by atoms with Gasteiger partial charge in [0.05, 0.1) is 0 Å². The molecule has 0 aliphatic carbocycles. The molecule has 390 valence electrons. The highest BCUT2D eigenvalue weighted by Crippen LogP contribution is 2.16. The van der Waals surface area contributed by atoms with E-state index in [1.165, 1.54) is 109 Å². The third-order valence-corrected chi connectivity index (χ3v) is 12.1. The van der Waals surface area contributed by atoms with Crippen molar-refractivity contribution >= 4 is 17.9 Å². The first-order chi connectivity index (χ1) is 33.5. The Labute approximate surface area is 420 Å². The zero-order chi connectivity index (χ0) is 49.3. The Bertz CT molecular complexity index is 1320. The number of hydrogen-bond acceptors (Lipinski definition) is 6. The van der Waals surface area contributed by atoms with Gasteiger partial charge in [0.2, 0.25) is 0 Å². The lowest BCUT2D eigenvalue weighted by atomic mass is 10.0. The highest BCUT2D eigenvalue weighted by Gasteiger charge is 2.19. The van der Waals surface area contributed by atoms with Gasteiger partial charge in [0.25, 0.3) is 0 Å². The van der Waals surface area contributed by atoms with Crippen molar-refractivity contribution in [3.8, 4) is 0 Å². The molecule has 0 saturated carbocycles. The number of hydrogen-bond donors (Lipinski definition) is 0. The number of allylic oxidation sites excluding steroid dienone is 14. The zero-order valence-corrected chi connectivity index (χ0v) is 44.6. The fourth-order valence-corrected chi connectivity index (χ4v) is 7.84. The average molecular weight is 948 g/mol. The minimum atomic E-state index is -0.795. The number of unbranched alkanes of at least 4 members (excludes halogenated alkanes) is 26. The number of ether oxygens (including phenoxy) is 3. The van der Waals surface area contributed by atoms with E-state index in [1.807, 2.05) is 0 Å². The van der Waals surface area contributed by atoms with Crippen LogP contribution >= 0.6 is 0 Å². The summed E-state index contributed by atoms with van der Waals surface area (Å²) in [5.74, 6) is -0.931. The molecule has 0 rings (SSSR count). The Morgan fingerprint density at radius 2 is 0.588 bits per heavy atom. The Hall–Kier alpha value is -3.41. The van der Waals surface area contributed by atoms with Crippen LogP contribution < -0.4 is 0 Å². The first kappa shape index (κ1) is 64.6. The quantitative estimate of drug-likeness (QED) is 0.0262. The Morgan fingerprint density at radius 3 is 0.956 bits per heavy atom. The van der Waals surface area contributed by atoms with Crippen LogP contribution in [0, 0.1) is 0 Å². The van der Waals surface area contributed by atoms with Gasteiger partial charge in [-0.05, 0) is 89.9 Å². The number of carbonyl (C=O) groups is 3. The van der Waals surface area contributed by atoms with Gasteiger partial charge in [-0.1, -0.05) is 247 Å². The van der Waals surface area contributed by atoms with E-state index >= 15 is 0 Å². The van der Waals surface area contributed by atoms with Gasteiger partial charge >= 0.3 is 17.9 Å². The molecule has 6 heteroatoms. The molecule has 0 bridgehead atoms. The molecule has 0 fully saturated rings. The van der Waals surface area contributed by atoms with E-state index < -0.39 is 6.10 Å². The maximum absolute atomic E-state index is 12.9. The van der Waals surface area contributed by atoms with Crippen LogP contribution in [-0.2, 0) is 28.6 Å². The highest BCUT2D eigenvalue weighted by atomic mass is 16.6. The van der Waals surface area contributed by atoms with Crippen molar-refractivity contribution in [3.05, 3.63) is 85.1 Å². The van der Waals surface area contributed by atoms with E-state index in [0.29, 0.717) is 19.3 Å². The van der Waals surface area contributed by atoms with Crippen LogP contribution in [0.5, 0.6) is 0 Å². The first-order valence-corrected chi connectivity index (χ1v) is 28.6. The molecule has 1 unspecified atom stereocenters. The van der Waals surface area contributed by atoms with Crippen LogP contribution in [-0.4, -0.2) is 37.2 Å². The minimum Gasteiger partial charge on any atom is -0.462 e. The van der Waals surface area contributed by atoms with Crippen LogP contribution in [0.4, 0.5) is 0 Å². The maximum atomic E-state index is 12.9. The second-order valence-corrected chi connectivity index (χ2v) is 18.8. The van der Waals surface area contributed by atoms with Crippen LogP contribution in [0.3, 0.4) is 0 Å². The Balaban J connectivity index is 4.44. The van der Waals surface area contributed by atoms with Gasteiger partial charge in [-0.15, -0.1) is 0 Å². The molecule has 68 heavy (non-hydrogen) atoms. The molecule has 0 aliphatic rings. The highest BCUT2D eigenvalue weighted by molar-refractivity contribution is 5.71. The van der Waals surface area contributed by atoms with Crippen LogP contribution in [0.1, 0.15) is 271 Å². The molecule has 0 aromatic heterocycles. The molecule has 0 radical (unpaired) electrons. The smallest absolute Gasteiger partial charge is 0.306 e. The first-order valence-electron chi connectivity index (χ1n) is 28.6. The largest absolute Gasteiger partial charge is 0.462 e. The lowest BCUT2D eigenvalue weighted by Gasteiger charge is -2.18. The molecule has 0 saturated heterocycles. The van der Waals surface area contributed by atoms with E-state index in [9.17, 15) is 14.4 Å². The van der Waals surface area contributed by atoms with E-state index in [2.05, 4.69) is 106 Å². The van der Waals surface area contributed by atoms with E-state index in [1.54, 1.807) is 0 Å². The monoisotopic (exact) mass is 947 g/mol. The van der Waals surface area contributed by atoms with Crippen molar-refractivity contribution in [1.82, 2.24) is 0 Å². The summed E-state index contributed by atoms with van der Waals surface area (Å²) in [5.41, 5.74) is 0. The lowest BCUT2D eigenvalue weighted by molar-refractivity contribution is -0.167. The summed E-state index contributed by atoms with van der Waals surface area (Å²) in [5, 5.41) is 0. The predicted octanol–water partition coefficient (Wildman–Crippen LogP) is 19.2. The Kier molecular flexibility index (Phi) is 53.4. The molecule has 0 aliphatic heterocycles. The summed E-state index contributed by atoms with van der Waals surface area (Å²) in [6.45, 7) is 6.46. The molecule has 0 spiro atoms. The molecule has 0 amide bonds. The molecule has 6 nitrogen and oxygen atoms in total. The van der Waals surface area contributed by atoms with Gasteiger partial charge < -0.3 is 14.2 Å². The van der Waals surface area contributed by atoms with Gasteiger partial charge in [0.15, 0.2) is 6.10 Å². The van der Waals surface area contributed by atoms with Crippen LogP contribution in [0.25, 0.3) is 0 Å². The second-order valence-electron chi connectivity index (χ2n) is 18.8. The van der Waals surface area contributed by atoms with Crippen LogP contribution in [0.2, 0.25) is 0 Å². The van der Waals surface area contributed by atoms with Gasteiger partial charge in [-0.2, -0.15) is 0 Å². The molecule has 1 atom stereocenters. The van der Waals surface area contributed by atoms with Crippen molar-refractivity contribution < 1.29 is 28.6 Å². The van der Waals surface area contributed by atoms with E-state index in [0.717, 1.165) is 122 Å². The average Bonchev–Trinajstić information content (AvgIpc) is 3.34. The molecular weight excluding hydrogens is 841 g/mol. The lowest BCUT2D eigenvalue weighted by Crippen LogP contribution is -2.30. The van der Waals surface area contributed by atoms with Crippen molar-refractivity contribution in [2.75, 3.05) is 13.2 Å². The van der Waals surface area contributed by atoms with Crippen molar-refractivity contribution in [1.29, 1.82) is 0 Å². The second kappa shape index (κ2) is 56.2. The summed E-state index contributed by atoms with van der Waals surface area (Å²) >= 11 is 0. The fraction of sp³-hybridized carbons (Fsp3) is 0.726. The summed E-state index contributed by atoms with van der Waals surface area (Å²) in [6, 6.07) is 0. The van der Waals surface area contributed by atoms with Crippen molar-refractivity contribution in [3.63, 3.8) is 0 Å². The Morgan fingerprint density at radius 1 is 0.309 bits per heavy atom. The van der Waals surface area contributed by atoms with Gasteiger partial charge in [-0.3, -0.25) is 14.4 Å². The van der Waals surface area contributed by atoms with Crippen LogP contribution in [0.15, 0.2) is 85.1 Å². The molecule has 0 N–H and O–H groups in total. The van der Waals surface area contributed by atoms with E-state index in [4.69, 9.17) is 14.2 Å². The fourth-order valence-electron chi connectivity index (χ4n) is 7.84. The third-order valence-electron chi connectivity index (χ3n) is 12.1. The van der Waals surface area contributed by atoms with Gasteiger partial charge in [0.1, 0.15) is 13.2 Å². The van der Waals surface area contributed by atoms with Gasteiger partial charge in [-0.25, -0.2) is 0 Å². The number of rotatable bonds is 51. The maximum Gasteiger partial charge on any atom is 0.306 e. The zero-order valence-electron chi connectivity index (χ0n) is 44.6. The number of esters is 3.